The van der Waals surface area contributed by atoms with Gasteiger partial charge in [0.25, 0.3) is 11.8 Å². The van der Waals surface area contributed by atoms with Crippen molar-refractivity contribution in [3.8, 4) is 5.75 Å². The van der Waals surface area contributed by atoms with Crippen molar-refractivity contribution in [3.05, 3.63) is 64.7 Å². The molecular weight excluding hydrogens is 392 g/mol. The number of guanidine groups is 1. The van der Waals surface area contributed by atoms with Crippen molar-refractivity contribution in [2.45, 2.75) is 33.2 Å². The zero-order valence-electron chi connectivity index (χ0n) is 18.4. The summed E-state index contributed by atoms with van der Waals surface area (Å²) in [5, 5.41) is 6.55. The minimum atomic E-state index is -0.199. The van der Waals surface area contributed by atoms with Crippen LogP contribution in [0.4, 0.5) is 0 Å². The summed E-state index contributed by atoms with van der Waals surface area (Å²) in [5.74, 6) is 1.16. The van der Waals surface area contributed by atoms with Gasteiger partial charge in [-0.3, -0.25) is 14.5 Å². The number of carbonyl (C=O) groups is 2. The lowest BCUT2D eigenvalue weighted by Crippen LogP contribution is -2.38. The minimum Gasteiger partial charge on any atom is -0.496 e. The lowest BCUT2D eigenvalue weighted by atomic mass is 10.1. The Labute approximate surface area is 183 Å². The maximum absolute atomic E-state index is 12.4. The van der Waals surface area contributed by atoms with Gasteiger partial charge in [0.2, 0.25) is 0 Å². The van der Waals surface area contributed by atoms with Crippen LogP contribution in [0.25, 0.3) is 0 Å². The molecule has 1 heterocycles. The molecule has 3 rings (SSSR count). The van der Waals surface area contributed by atoms with Gasteiger partial charge >= 0.3 is 0 Å². The van der Waals surface area contributed by atoms with Crippen LogP contribution in [-0.4, -0.2) is 49.4 Å². The summed E-state index contributed by atoms with van der Waals surface area (Å²) in [7, 11) is 1.67. The van der Waals surface area contributed by atoms with E-state index in [1.54, 1.807) is 31.4 Å². The molecule has 164 valence electrons. The van der Waals surface area contributed by atoms with Crippen molar-refractivity contribution in [1.82, 2.24) is 15.5 Å². The number of hydrogen-bond donors (Lipinski definition) is 2. The molecule has 7 heteroatoms. The molecule has 0 fully saturated rings. The molecule has 2 N–H and O–H groups in total. The topological polar surface area (TPSA) is 83.0 Å². The number of imide groups is 1. The highest BCUT2D eigenvalue weighted by atomic mass is 16.5. The van der Waals surface area contributed by atoms with Crippen molar-refractivity contribution in [2.24, 2.45) is 4.99 Å². The minimum absolute atomic E-state index is 0.199. The molecule has 2 amide bonds. The predicted molar refractivity (Wildman–Crippen MR) is 122 cm³/mol. The Hall–Kier alpha value is -3.35. The number of nitrogens with one attached hydrogen (secondary N) is 2. The molecule has 0 saturated carbocycles. The third-order valence-electron chi connectivity index (χ3n) is 5.17. The van der Waals surface area contributed by atoms with E-state index in [-0.39, 0.29) is 11.8 Å². The van der Waals surface area contributed by atoms with Gasteiger partial charge in [0.05, 0.1) is 24.8 Å². The van der Waals surface area contributed by atoms with E-state index in [9.17, 15) is 9.59 Å². The number of amides is 2. The van der Waals surface area contributed by atoms with E-state index in [0.717, 1.165) is 42.2 Å². The van der Waals surface area contributed by atoms with Crippen LogP contribution in [0.15, 0.2) is 47.5 Å². The van der Waals surface area contributed by atoms with Crippen LogP contribution in [0.2, 0.25) is 0 Å². The summed E-state index contributed by atoms with van der Waals surface area (Å²) in [6.45, 7) is 6.43. The van der Waals surface area contributed by atoms with Crippen LogP contribution in [0, 0.1) is 6.92 Å². The zero-order valence-corrected chi connectivity index (χ0v) is 18.4. The standard InChI is InChI=1S/C24H30N4O3/c1-4-25-24(27-16-18-12-11-17(2)15-21(18)31-3)26-13-7-8-14-28-22(29)19-9-5-6-10-20(19)23(28)30/h5-6,9-12,15H,4,7-8,13-14,16H2,1-3H3,(H2,25,26,27). The van der Waals surface area contributed by atoms with Crippen LogP contribution in [0.5, 0.6) is 5.75 Å². The molecule has 0 aromatic heterocycles. The number of carbonyl (C=O) groups excluding carboxylic acids is 2. The Bertz CT molecular complexity index is 936. The second-order valence-electron chi connectivity index (χ2n) is 7.45. The van der Waals surface area contributed by atoms with Gasteiger partial charge in [-0.25, -0.2) is 4.99 Å². The number of aliphatic imine (C=N–C) groups is 1. The highest BCUT2D eigenvalue weighted by Gasteiger charge is 2.34. The lowest BCUT2D eigenvalue weighted by molar-refractivity contribution is 0.0652. The summed E-state index contributed by atoms with van der Waals surface area (Å²) in [6, 6.07) is 13.1. The largest absolute Gasteiger partial charge is 0.496 e. The Kier molecular flexibility index (Phi) is 7.65. The number of rotatable bonds is 9. The molecule has 1 aliphatic heterocycles. The van der Waals surface area contributed by atoms with E-state index < -0.39 is 0 Å². The van der Waals surface area contributed by atoms with Gasteiger partial charge in [-0.05, 0) is 50.5 Å². The first-order valence-electron chi connectivity index (χ1n) is 10.7. The van der Waals surface area contributed by atoms with Gasteiger partial charge < -0.3 is 15.4 Å². The third-order valence-corrected chi connectivity index (χ3v) is 5.17. The number of methoxy groups -OCH3 is 1. The molecule has 7 nitrogen and oxygen atoms in total. The SMILES string of the molecule is CCNC(=NCc1ccc(C)cc1OC)NCCCCN1C(=O)c2ccccc2C1=O. The van der Waals surface area contributed by atoms with E-state index in [1.165, 1.54) is 4.90 Å². The maximum Gasteiger partial charge on any atom is 0.261 e. The molecular formula is C24H30N4O3. The second kappa shape index (κ2) is 10.6. The van der Waals surface area contributed by atoms with Crippen LogP contribution >= 0.6 is 0 Å². The number of benzene rings is 2. The Morgan fingerprint density at radius 3 is 2.39 bits per heavy atom. The quantitative estimate of drug-likeness (QED) is 0.281. The first kappa shape index (κ1) is 22.3. The normalized spacial score (nSPS) is 13.4. The van der Waals surface area contributed by atoms with Crippen LogP contribution in [0.1, 0.15) is 51.6 Å². The lowest BCUT2D eigenvalue weighted by Gasteiger charge is -2.15. The monoisotopic (exact) mass is 422 g/mol. The fourth-order valence-electron chi connectivity index (χ4n) is 3.53. The van der Waals surface area contributed by atoms with E-state index in [1.807, 2.05) is 32.0 Å². The first-order valence-corrected chi connectivity index (χ1v) is 10.7. The van der Waals surface area contributed by atoms with Gasteiger partial charge in [0, 0.05) is 25.2 Å². The predicted octanol–water partition coefficient (Wildman–Crippen LogP) is 3.14. The summed E-state index contributed by atoms with van der Waals surface area (Å²) in [5.41, 5.74) is 3.17. The number of hydrogen-bond acceptors (Lipinski definition) is 4. The number of fused-ring (bicyclic) bond motifs is 1. The zero-order chi connectivity index (χ0) is 22.2. The molecule has 0 bridgehead atoms. The fourth-order valence-corrected chi connectivity index (χ4v) is 3.53. The molecule has 1 aliphatic rings. The molecule has 2 aromatic carbocycles. The van der Waals surface area contributed by atoms with Gasteiger partial charge in [-0.15, -0.1) is 0 Å². The summed E-state index contributed by atoms with van der Waals surface area (Å²) in [4.78, 5) is 30.8. The molecule has 31 heavy (non-hydrogen) atoms. The van der Waals surface area contributed by atoms with Crippen LogP contribution in [0.3, 0.4) is 0 Å². The first-order chi connectivity index (χ1) is 15.0. The van der Waals surface area contributed by atoms with Gasteiger partial charge in [-0.1, -0.05) is 24.3 Å². The van der Waals surface area contributed by atoms with Gasteiger partial charge in [-0.2, -0.15) is 0 Å². The number of aryl methyl sites for hydroxylation is 1. The van der Waals surface area contributed by atoms with Gasteiger partial charge in [0.15, 0.2) is 5.96 Å². The smallest absolute Gasteiger partial charge is 0.261 e. The molecule has 0 spiro atoms. The number of unbranched alkanes of at least 4 members (excludes halogenated alkanes) is 1. The van der Waals surface area contributed by atoms with Crippen molar-refractivity contribution in [3.63, 3.8) is 0 Å². The van der Waals surface area contributed by atoms with E-state index in [0.29, 0.717) is 30.8 Å². The fraction of sp³-hybridized carbons (Fsp3) is 0.375. The third kappa shape index (κ3) is 5.42. The van der Waals surface area contributed by atoms with E-state index in [2.05, 4.69) is 15.6 Å². The summed E-state index contributed by atoms with van der Waals surface area (Å²) >= 11 is 0. The Balaban J connectivity index is 1.48. The average molecular weight is 423 g/mol. The molecule has 2 aromatic rings. The average Bonchev–Trinajstić information content (AvgIpc) is 3.02. The summed E-state index contributed by atoms with van der Waals surface area (Å²) in [6.07, 6.45) is 1.54. The Morgan fingerprint density at radius 2 is 1.74 bits per heavy atom. The Morgan fingerprint density at radius 1 is 1.03 bits per heavy atom. The molecule has 0 radical (unpaired) electrons. The van der Waals surface area contributed by atoms with E-state index >= 15 is 0 Å². The van der Waals surface area contributed by atoms with Crippen LogP contribution < -0.4 is 15.4 Å². The van der Waals surface area contributed by atoms with E-state index in [4.69, 9.17) is 4.74 Å². The maximum atomic E-state index is 12.4. The van der Waals surface area contributed by atoms with Crippen molar-refractivity contribution in [1.29, 1.82) is 0 Å². The number of nitrogens with zero attached hydrogens (tertiary/aromatic N) is 2. The highest BCUT2D eigenvalue weighted by Crippen LogP contribution is 2.23. The second-order valence-corrected chi connectivity index (χ2v) is 7.45. The molecule has 0 atom stereocenters. The van der Waals surface area contributed by atoms with Crippen molar-refractivity contribution >= 4 is 17.8 Å². The van der Waals surface area contributed by atoms with Crippen LogP contribution in [-0.2, 0) is 6.54 Å². The van der Waals surface area contributed by atoms with Crippen molar-refractivity contribution < 1.29 is 14.3 Å². The summed E-state index contributed by atoms with van der Waals surface area (Å²) < 4.78 is 5.45. The number of ether oxygens (including phenoxy) is 1. The van der Waals surface area contributed by atoms with Crippen molar-refractivity contribution in [2.75, 3.05) is 26.7 Å². The van der Waals surface area contributed by atoms with Gasteiger partial charge in [0.1, 0.15) is 5.75 Å². The molecule has 0 saturated heterocycles. The highest BCUT2D eigenvalue weighted by molar-refractivity contribution is 6.21. The molecule has 0 unspecified atom stereocenters. The molecule has 0 aliphatic carbocycles.